The smallest absolute Gasteiger partial charge is 0.317 e. The number of hydrogen-bond acceptors (Lipinski definition) is 3. The van der Waals surface area contributed by atoms with Crippen LogP contribution in [0.25, 0.3) is 0 Å². The van der Waals surface area contributed by atoms with Crippen LogP contribution in [0, 0.1) is 17.8 Å². The van der Waals surface area contributed by atoms with Gasteiger partial charge < -0.3 is 15.3 Å². The molecule has 21 heavy (non-hydrogen) atoms. The molecule has 2 saturated carbocycles. The number of fused-ring (bicyclic) bond motifs is 2. The molecule has 0 radical (unpaired) electrons. The predicted octanol–water partition coefficient (Wildman–Crippen LogP) is 2.02. The van der Waals surface area contributed by atoms with Crippen LogP contribution in [0.3, 0.4) is 0 Å². The van der Waals surface area contributed by atoms with Gasteiger partial charge in [0.05, 0.1) is 5.92 Å². The molecule has 0 spiro atoms. The van der Waals surface area contributed by atoms with Crippen LogP contribution < -0.4 is 5.32 Å². The molecule has 3 rings (SSSR count). The minimum absolute atomic E-state index is 0.0767. The van der Waals surface area contributed by atoms with Crippen LogP contribution in [0.1, 0.15) is 33.1 Å². The average molecular weight is 312 g/mol. The highest BCUT2D eigenvalue weighted by Crippen LogP contribution is 2.48. The summed E-state index contributed by atoms with van der Waals surface area (Å²) in [7, 11) is 0. The average Bonchev–Trinajstić information content (AvgIpc) is 2.97. The van der Waals surface area contributed by atoms with Gasteiger partial charge >= 0.3 is 12.0 Å². The van der Waals surface area contributed by atoms with Gasteiger partial charge in [0.25, 0.3) is 0 Å². The second-order valence-electron chi connectivity index (χ2n) is 7.20. The molecule has 1 aliphatic heterocycles. The van der Waals surface area contributed by atoms with E-state index in [1.165, 1.54) is 0 Å². The Kier molecular flexibility index (Phi) is 3.84. The van der Waals surface area contributed by atoms with Gasteiger partial charge in [0.15, 0.2) is 0 Å². The summed E-state index contributed by atoms with van der Waals surface area (Å²) in [6.07, 6.45) is 3.02. The summed E-state index contributed by atoms with van der Waals surface area (Å²) in [6.45, 7) is 5.77. The molecule has 4 atom stereocenters. The van der Waals surface area contributed by atoms with Crippen molar-refractivity contribution in [1.82, 2.24) is 10.2 Å². The first-order chi connectivity index (χ1) is 9.87. The van der Waals surface area contributed by atoms with E-state index < -0.39 is 5.97 Å². The maximum Gasteiger partial charge on any atom is 0.317 e. The third-order valence-corrected chi connectivity index (χ3v) is 6.50. The fourth-order valence-corrected chi connectivity index (χ4v) is 5.39. The van der Waals surface area contributed by atoms with Gasteiger partial charge in [-0.15, -0.1) is 0 Å². The Balaban J connectivity index is 1.65. The lowest BCUT2D eigenvalue weighted by molar-refractivity contribution is -0.144. The number of amides is 2. The monoisotopic (exact) mass is 312 g/mol. The first-order valence-corrected chi connectivity index (χ1v) is 8.78. The Bertz CT molecular complexity index is 454. The number of hydrogen-bond donors (Lipinski definition) is 2. The van der Waals surface area contributed by atoms with Gasteiger partial charge in [-0.2, -0.15) is 11.8 Å². The molecule has 3 aliphatic rings. The molecule has 2 aliphatic carbocycles. The zero-order valence-electron chi connectivity index (χ0n) is 12.7. The molecule has 3 fully saturated rings. The van der Waals surface area contributed by atoms with Crippen molar-refractivity contribution >= 4 is 23.8 Å². The zero-order valence-corrected chi connectivity index (χ0v) is 13.5. The van der Waals surface area contributed by atoms with E-state index in [0.717, 1.165) is 38.1 Å². The summed E-state index contributed by atoms with van der Waals surface area (Å²) in [4.78, 5) is 25.8. The SMILES string of the molecule is CC1(C)CN(C(=O)NC2C3CCC(C3)C2C(=O)O)CCS1. The summed E-state index contributed by atoms with van der Waals surface area (Å²) in [5, 5.41) is 12.5. The minimum atomic E-state index is -0.748. The quantitative estimate of drug-likeness (QED) is 0.818. The normalized spacial score (nSPS) is 37.5. The fraction of sp³-hybridized carbons (Fsp3) is 0.867. The molecule has 5 nitrogen and oxygen atoms in total. The highest BCUT2D eigenvalue weighted by molar-refractivity contribution is 8.00. The second kappa shape index (κ2) is 5.38. The summed E-state index contributed by atoms with van der Waals surface area (Å²) < 4.78 is 0.0798. The fourth-order valence-electron chi connectivity index (χ4n) is 4.28. The third kappa shape index (κ3) is 2.87. The summed E-state index contributed by atoms with van der Waals surface area (Å²) in [5.41, 5.74) is 0. The topological polar surface area (TPSA) is 69.6 Å². The summed E-state index contributed by atoms with van der Waals surface area (Å²) >= 11 is 1.89. The van der Waals surface area contributed by atoms with Gasteiger partial charge in [0.1, 0.15) is 0 Å². The number of rotatable bonds is 2. The highest BCUT2D eigenvalue weighted by Gasteiger charge is 2.52. The van der Waals surface area contributed by atoms with Crippen LogP contribution >= 0.6 is 11.8 Å². The van der Waals surface area contributed by atoms with Gasteiger partial charge in [0, 0.05) is 29.6 Å². The molecule has 6 heteroatoms. The minimum Gasteiger partial charge on any atom is -0.481 e. The highest BCUT2D eigenvalue weighted by atomic mass is 32.2. The van der Waals surface area contributed by atoms with E-state index in [4.69, 9.17) is 0 Å². The molecule has 1 saturated heterocycles. The first-order valence-electron chi connectivity index (χ1n) is 7.79. The molecule has 2 amide bonds. The Morgan fingerprint density at radius 2 is 2.00 bits per heavy atom. The number of carbonyl (C=O) groups excluding carboxylic acids is 1. The molecule has 2 N–H and O–H groups in total. The van der Waals surface area contributed by atoms with E-state index in [1.807, 2.05) is 16.7 Å². The third-order valence-electron chi connectivity index (χ3n) is 5.20. The van der Waals surface area contributed by atoms with Crippen molar-refractivity contribution in [2.75, 3.05) is 18.8 Å². The summed E-state index contributed by atoms with van der Waals surface area (Å²) in [5.74, 6) is 0.416. The molecular formula is C15H24N2O3S. The number of carbonyl (C=O) groups is 2. The number of aliphatic carboxylic acids is 1. The van der Waals surface area contributed by atoms with Crippen LogP contribution in [-0.4, -0.2) is 51.6 Å². The van der Waals surface area contributed by atoms with Crippen molar-refractivity contribution in [2.24, 2.45) is 17.8 Å². The lowest BCUT2D eigenvalue weighted by Crippen LogP contribution is -2.55. The largest absolute Gasteiger partial charge is 0.481 e. The van der Waals surface area contributed by atoms with Crippen molar-refractivity contribution in [1.29, 1.82) is 0 Å². The van der Waals surface area contributed by atoms with E-state index in [9.17, 15) is 14.7 Å². The predicted molar refractivity (Wildman–Crippen MR) is 82.4 cm³/mol. The lowest BCUT2D eigenvalue weighted by Gasteiger charge is -2.39. The van der Waals surface area contributed by atoms with Gasteiger partial charge in [-0.1, -0.05) is 0 Å². The molecule has 0 aromatic heterocycles. The molecule has 0 aromatic rings. The van der Waals surface area contributed by atoms with Crippen molar-refractivity contribution in [3.63, 3.8) is 0 Å². The van der Waals surface area contributed by atoms with Crippen molar-refractivity contribution in [3.8, 4) is 0 Å². The van der Waals surface area contributed by atoms with Crippen LogP contribution in [0.4, 0.5) is 4.79 Å². The second-order valence-corrected chi connectivity index (χ2v) is 9.00. The van der Waals surface area contributed by atoms with Crippen LogP contribution in [0.15, 0.2) is 0 Å². The van der Waals surface area contributed by atoms with Crippen molar-refractivity contribution in [3.05, 3.63) is 0 Å². The van der Waals surface area contributed by atoms with Crippen LogP contribution in [0.5, 0.6) is 0 Å². The number of urea groups is 1. The van der Waals surface area contributed by atoms with E-state index >= 15 is 0 Å². The van der Waals surface area contributed by atoms with E-state index in [2.05, 4.69) is 19.2 Å². The lowest BCUT2D eigenvalue weighted by atomic mass is 9.84. The molecule has 4 unspecified atom stereocenters. The molecule has 118 valence electrons. The van der Waals surface area contributed by atoms with E-state index in [0.29, 0.717) is 5.92 Å². The van der Waals surface area contributed by atoms with Crippen molar-refractivity contribution < 1.29 is 14.7 Å². The molecule has 0 aromatic carbocycles. The number of carboxylic acid groups (broad SMARTS) is 1. The summed E-state index contributed by atoms with van der Waals surface area (Å²) in [6, 6.07) is -0.251. The first kappa shape index (κ1) is 15.0. The number of carboxylic acids is 1. The van der Waals surface area contributed by atoms with Crippen LogP contribution in [-0.2, 0) is 4.79 Å². The maximum absolute atomic E-state index is 12.5. The molecule has 1 heterocycles. The van der Waals surface area contributed by atoms with Gasteiger partial charge in [-0.3, -0.25) is 4.79 Å². The Morgan fingerprint density at radius 3 is 2.67 bits per heavy atom. The Hall–Kier alpha value is -0.910. The van der Waals surface area contributed by atoms with Gasteiger partial charge in [0.2, 0.25) is 0 Å². The Labute approximate surface area is 129 Å². The number of thioether (sulfide) groups is 1. The molecule has 2 bridgehead atoms. The molecular weight excluding hydrogens is 288 g/mol. The zero-order chi connectivity index (χ0) is 15.2. The number of nitrogens with zero attached hydrogens (tertiary/aromatic N) is 1. The van der Waals surface area contributed by atoms with E-state index in [1.54, 1.807) is 0 Å². The van der Waals surface area contributed by atoms with Crippen LogP contribution in [0.2, 0.25) is 0 Å². The Morgan fingerprint density at radius 1 is 1.29 bits per heavy atom. The van der Waals surface area contributed by atoms with Gasteiger partial charge in [-0.25, -0.2) is 4.79 Å². The van der Waals surface area contributed by atoms with Crippen molar-refractivity contribution in [2.45, 2.75) is 43.9 Å². The van der Waals surface area contributed by atoms with Gasteiger partial charge in [-0.05, 0) is 44.9 Å². The maximum atomic E-state index is 12.5. The number of nitrogens with one attached hydrogen (secondary N) is 1. The standard InChI is InChI=1S/C15H24N2O3S/c1-15(2)8-17(5-6-21-15)14(20)16-12-10-4-3-9(7-10)11(12)13(18)19/h9-12H,3-8H2,1-2H3,(H,16,20)(H,18,19). The van der Waals surface area contributed by atoms with E-state index in [-0.39, 0.29) is 28.7 Å².